The topological polar surface area (TPSA) is 66.9 Å². The molecule has 1 aromatic carbocycles. The van der Waals surface area contributed by atoms with Gasteiger partial charge in [0.15, 0.2) is 0 Å². The molecule has 0 N–H and O–H groups in total. The lowest BCUT2D eigenvalue weighted by atomic mass is 10.1. The third-order valence-electron chi connectivity index (χ3n) is 4.40. The molecular formula is C18H24N2O4. The lowest BCUT2D eigenvalue weighted by Crippen LogP contribution is -2.47. The van der Waals surface area contributed by atoms with Crippen LogP contribution in [0.15, 0.2) is 24.3 Å². The maximum Gasteiger partial charge on any atom is 0.337 e. The van der Waals surface area contributed by atoms with E-state index in [9.17, 15) is 14.4 Å². The molecule has 2 rings (SSSR count). The van der Waals surface area contributed by atoms with E-state index in [4.69, 9.17) is 4.74 Å². The van der Waals surface area contributed by atoms with Gasteiger partial charge in [-0.1, -0.05) is 6.07 Å². The first kappa shape index (κ1) is 18.0. The fraction of sp³-hybridized carbons (Fsp3) is 0.500. The highest BCUT2D eigenvalue weighted by Crippen LogP contribution is 2.22. The van der Waals surface area contributed by atoms with E-state index in [1.165, 1.54) is 13.2 Å². The normalized spacial score (nSPS) is 16.8. The molecular weight excluding hydrogens is 308 g/mol. The Morgan fingerprint density at radius 1 is 1.21 bits per heavy atom. The molecule has 0 aromatic heterocycles. The van der Waals surface area contributed by atoms with E-state index in [1.54, 1.807) is 28.0 Å². The van der Waals surface area contributed by atoms with Gasteiger partial charge in [-0.2, -0.15) is 0 Å². The molecule has 1 saturated heterocycles. The second-order valence-corrected chi connectivity index (χ2v) is 5.74. The molecule has 0 unspecified atom stereocenters. The molecule has 1 aromatic rings. The summed E-state index contributed by atoms with van der Waals surface area (Å²) in [7, 11) is 1.30. The van der Waals surface area contributed by atoms with Crippen LogP contribution in [-0.4, -0.2) is 60.4 Å². The molecule has 6 heteroatoms. The summed E-state index contributed by atoms with van der Waals surface area (Å²) in [6.07, 6.45) is 1.48. The van der Waals surface area contributed by atoms with Crippen molar-refractivity contribution < 1.29 is 19.1 Å². The molecule has 24 heavy (non-hydrogen) atoms. The summed E-state index contributed by atoms with van der Waals surface area (Å²) in [5, 5.41) is 0. The number of benzene rings is 1. The molecule has 0 radical (unpaired) electrons. The molecule has 0 saturated carbocycles. The quantitative estimate of drug-likeness (QED) is 0.773. The van der Waals surface area contributed by atoms with E-state index < -0.39 is 12.0 Å². The predicted molar refractivity (Wildman–Crippen MR) is 89.8 cm³/mol. The van der Waals surface area contributed by atoms with E-state index in [2.05, 4.69) is 0 Å². The number of hydrogen-bond donors (Lipinski definition) is 0. The number of ether oxygens (including phenoxy) is 1. The van der Waals surface area contributed by atoms with Gasteiger partial charge in [-0.15, -0.1) is 0 Å². The van der Waals surface area contributed by atoms with E-state index in [0.29, 0.717) is 37.2 Å². The number of esters is 1. The van der Waals surface area contributed by atoms with Crippen LogP contribution < -0.4 is 0 Å². The third kappa shape index (κ3) is 3.58. The van der Waals surface area contributed by atoms with Crippen LogP contribution in [0.3, 0.4) is 0 Å². The van der Waals surface area contributed by atoms with Crippen LogP contribution in [0.5, 0.6) is 0 Å². The third-order valence-corrected chi connectivity index (χ3v) is 4.40. The van der Waals surface area contributed by atoms with Crippen LogP contribution >= 0.6 is 0 Å². The van der Waals surface area contributed by atoms with Gasteiger partial charge in [0.2, 0.25) is 5.91 Å². The number of hydrogen-bond acceptors (Lipinski definition) is 4. The molecule has 0 aliphatic carbocycles. The van der Waals surface area contributed by atoms with Crippen LogP contribution in [0.4, 0.5) is 0 Å². The number of amides is 2. The van der Waals surface area contributed by atoms with Crippen LogP contribution in [0.2, 0.25) is 0 Å². The Morgan fingerprint density at radius 2 is 1.88 bits per heavy atom. The molecule has 0 bridgehead atoms. The fourth-order valence-corrected chi connectivity index (χ4v) is 3.08. The second-order valence-electron chi connectivity index (χ2n) is 5.74. The van der Waals surface area contributed by atoms with Gasteiger partial charge in [0, 0.05) is 25.2 Å². The summed E-state index contributed by atoms with van der Waals surface area (Å²) >= 11 is 0. The van der Waals surface area contributed by atoms with Crippen LogP contribution in [-0.2, 0) is 9.53 Å². The van der Waals surface area contributed by atoms with Gasteiger partial charge in [-0.3, -0.25) is 9.59 Å². The maximum atomic E-state index is 12.8. The van der Waals surface area contributed by atoms with Crippen molar-refractivity contribution in [2.24, 2.45) is 0 Å². The van der Waals surface area contributed by atoms with Crippen LogP contribution in [0.1, 0.15) is 47.4 Å². The molecule has 1 heterocycles. The second kappa shape index (κ2) is 7.95. The minimum atomic E-state index is -0.484. The van der Waals surface area contributed by atoms with Gasteiger partial charge < -0.3 is 14.5 Å². The van der Waals surface area contributed by atoms with E-state index >= 15 is 0 Å². The number of carbonyl (C=O) groups excluding carboxylic acids is 3. The zero-order chi connectivity index (χ0) is 17.7. The van der Waals surface area contributed by atoms with Crippen molar-refractivity contribution in [2.75, 3.05) is 26.7 Å². The zero-order valence-corrected chi connectivity index (χ0v) is 14.4. The first-order valence-electron chi connectivity index (χ1n) is 8.31. The van der Waals surface area contributed by atoms with Crippen molar-refractivity contribution in [3.8, 4) is 0 Å². The molecule has 130 valence electrons. The van der Waals surface area contributed by atoms with Crippen molar-refractivity contribution in [3.05, 3.63) is 35.4 Å². The Hall–Kier alpha value is -2.37. The SMILES string of the molecule is CCN(CC)C(=O)[C@@H]1CCCN1C(=O)c1cccc(C(=O)OC)c1. The molecule has 1 aliphatic heterocycles. The highest BCUT2D eigenvalue weighted by atomic mass is 16.5. The Kier molecular flexibility index (Phi) is 5.95. The number of rotatable bonds is 5. The Morgan fingerprint density at radius 3 is 2.50 bits per heavy atom. The smallest absolute Gasteiger partial charge is 0.337 e. The number of likely N-dealkylation sites (N-methyl/N-ethyl adjacent to an activating group) is 1. The summed E-state index contributed by atoms with van der Waals surface area (Å²) in [6.45, 7) is 5.68. The highest BCUT2D eigenvalue weighted by Gasteiger charge is 2.36. The average molecular weight is 332 g/mol. The zero-order valence-electron chi connectivity index (χ0n) is 14.4. The van der Waals surface area contributed by atoms with Gasteiger partial charge in [0.25, 0.3) is 5.91 Å². The Labute approximate surface area is 142 Å². The molecule has 1 aliphatic rings. The molecule has 0 spiro atoms. The minimum Gasteiger partial charge on any atom is -0.465 e. The van der Waals surface area contributed by atoms with Gasteiger partial charge in [0.05, 0.1) is 12.7 Å². The summed E-state index contributed by atoms with van der Waals surface area (Å²) in [4.78, 5) is 40.5. The lowest BCUT2D eigenvalue weighted by Gasteiger charge is -2.29. The van der Waals surface area contributed by atoms with Gasteiger partial charge in [0.1, 0.15) is 6.04 Å². The first-order valence-corrected chi connectivity index (χ1v) is 8.31. The summed E-state index contributed by atoms with van der Waals surface area (Å²) in [5.74, 6) is -0.708. The van der Waals surface area contributed by atoms with Gasteiger partial charge >= 0.3 is 5.97 Å². The Balaban J connectivity index is 2.22. The van der Waals surface area contributed by atoms with E-state index in [-0.39, 0.29) is 11.8 Å². The standard InChI is InChI=1S/C18H24N2O4/c1-4-19(5-2)17(22)15-10-7-11-20(15)16(21)13-8-6-9-14(12-13)18(23)24-3/h6,8-9,12,15H,4-5,7,10-11H2,1-3H3/t15-/m0/s1. The van der Waals surface area contributed by atoms with Crippen molar-refractivity contribution in [2.45, 2.75) is 32.7 Å². The van der Waals surface area contributed by atoms with Crippen LogP contribution in [0.25, 0.3) is 0 Å². The Bertz CT molecular complexity index is 625. The molecule has 1 fully saturated rings. The first-order chi connectivity index (χ1) is 11.5. The van der Waals surface area contributed by atoms with Crippen molar-refractivity contribution in [3.63, 3.8) is 0 Å². The minimum absolute atomic E-state index is 0.00466. The number of nitrogens with zero attached hydrogens (tertiary/aromatic N) is 2. The fourth-order valence-electron chi connectivity index (χ4n) is 3.08. The largest absolute Gasteiger partial charge is 0.465 e. The van der Waals surface area contributed by atoms with Gasteiger partial charge in [-0.05, 0) is 44.9 Å². The molecule has 6 nitrogen and oxygen atoms in total. The lowest BCUT2D eigenvalue weighted by molar-refractivity contribution is -0.134. The summed E-state index contributed by atoms with van der Waals surface area (Å²) in [5.41, 5.74) is 0.728. The van der Waals surface area contributed by atoms with E-state index in [1.807, 2.05) is 13.8 Å². The van der Waals surface area contributed by atoms with Crippen molar-refractivity contribution in [1.82, 2.24) is 9.80 Å². The van der Waals surface area contributed by atoms with Crippen molar-refractivity contribution >= 4 is 17.8 Å². The van der Waals surface area contributed by atoms with Crippen molar-refractivity contribution in [1.29, 1.82) is 0 Å². The summed E-state index contributed by atoms with van der Waals surface area (Å²) in [6, 6.07) is 6.01. The number of likely N-dealkylation sites (tertiary alicyclic amines) is 1. The average Bonchev–Trinajstić information content (AvgIpc) is 3.11. The number of carbonyl (C=O) groups is 3. The van der Waals surface area contributed by atoms with E-state index in [0.717, 1.165) is 6.42 Å². The highest BCUT2D eigenvalue weighted by molar-refractivity contribution is 6.00. The number of methoxy groups -OCH3 is 1. The van der Waals surface area contributed by atoms with Crippen LogP contribution in [0, 0.1) is 0 Å². The monoisotopic (exact) mass is 332 g/mol. The maximum absolute atomic E-state index is 12.8. The molecule has 1 atom stereocenters. The molecule has 2 amide bonds. The summed E-state index contributed by atoms with van der Waals surface area (Å²) < 4.78 is 4.69. The predicted octanol–water partition coefficient (Wildman–Crippen LogP) is 1.95. The van der Waals surface area contributed by atoms with Gasteiger partial charge in [-0.25, -0.2) is 4.79 Å².